The fourth-order valence-electron chi connectivity index (χ4n) is 2.42. The van der Waals surface area contributed by atoms with Crippen molar-refractivity contribution >= 4 is 52.1 Å². The summed E-state index contributed by atoms with van der Waals surface area (Å²) in [4.78, 5) is 30.4. The first-order valence-electron chi connectivity index (χ1n) is 8.11. The molecule has 0 aliphatic carbocycles. The van der Waals surface area contributed by atoms with Crippen LogP contribution in [-0.2, 0) is 4.79 Å². The summed E-state index contributed by atoms with van der Waals surface area (Å²) in [7, 11) is 0. The zero-order valence-electron chi connectivity index (χ0n) is 13.9. The first-order valence-corrected chi connectivity index (χ1v) is 11.0. The summed E-state index contributed by atoms with van der Waals surface area (Å²) in [6.07, 6.45) is 5.52. The molecule has 2 amide bonds. The SMILES string of the molecule is CCS/C=C1/SC(=O)N(CCCCSc2cccc3nccn23)C1=O. The number of rotatable bonds is 8. The van der Waals surface area contributed by atoms with Crippen molar-refractivity contribution in [3.8, 4) is 0 Å². The van der Waals surface area contributed by atoms with E-state index >= 15 is 0 Å². The molecular weight excluding hydrogens is 374 g/mol. The van der Waals surface area contributed by atoms with E-state index in [1.165, 1.54) is 4.90 Å². The fraction of sp³-hybridized carbons (Fsp3) is 0.353. The number of imidazole rings is 1. The first-order chi connectivity index (χ1) is 12.2. The van der Waals surface area contributed by atoms with Gasteiger partial charge < -0.3 is 0 Å². The van der Waals surface area contributed by atoms with Gasteiger partial charge in [0.2, 0.25) is 0 Å². The number of pyridine rings is 1. The van der Waals surface area contributed by atoms with Gasteiger partial charge in [-0.05, 0) is 53.7 Å². The lowest BCUT2D eigenvalue weighted by atomic mass is 10.3. The molecule has 0 saturated carbocycles. The van der Waals surface area contributed by atoms with E-state index < -0.39 is 0 Å². The molecule has 0 N–H and O–H groups in total. The maximum absolute atomic E-state index is 12.2. The molecule has 1 saturated heterocycles. The van der Waals surface area contributed by atoms with Crippen molar-refractivity contribution in [3.05, 3.63) is 40.9 Å². The van der Waals surface area contributed by atoms with E-state index in [-0.39, 0.29) is 11.1 Å². The topological polar surface area (TPSA) is 54.7 Å². The third-order valence-electron chi connectivity index (χ3n) is 3.65. The van der Waals surface area contributed by atoms with Crippen LogP contribution >= 0.6 is 35.3 Å². The number of aromatic nitrogens is 2. The Kier molecular flexibility index (Phi) is 6.50. The number of nitrogens with zero attached hydrogens (tertiary/aromatic N) is 3. The van der Waals surface area contributed by atoms with Crippen LogP contribution in [-0.4, -0.2) is 43.5 Å². The zero-order valence-corrected chi connectivity index (χ0v) is 16.3. The first kappa shape index (κ1) is 18.4. The minimum absolute atomic E-state index is 0.146. The van der Waals surface area contributed by atoms with Crippen LogP contribution in [0.1, 0.15) is 19.8 Å². The summed E-state index contributed by atoms with van der Waals surface area (Å²) in [6, 6.07) is 6.06. The number of amides is 2. The van der Waals surface area contributed by atoms with E-state index in [2.05, 4.69) is 15.5 Å². The van der Waals surface area contributed by atoms with E-state index in [9.17, 15) is 9.59 Å². The molecule has 0 aromatic carbocycles. The molecule has 132 valence electrons. The lowest BCUT2D eigenvalue weighted by Gasteiger charge is -2.12. The van der Waals surface area contributed by atoms with Gasteiger partial charge in [-0.1, -0.05) is 13.0 Å². The number of thioether (sulfide) groups is 3. The lowest BCUT2D eigenvalue weighted by molar-refractivity contribution is -0.122. The van der Waals surface area contributed by atoms with Crippen LogP contribution in [0.3, 0.4) is 0 Å². The summed E-state index contributed by atoms with van der Waals surface area (Å²) < 4.78 is 2.07. The standard InChI is InChI=1S/C17H19N3O2S3/c1-2-23-12-13-16(21)20(17(22)25-13)9-3-4-11-24-15-7-5-6-14-18-8-10-19(14)15/h5-8,10,12H,2-4,9,11H2,1H3/b13-12+. The molecule has 1 fully saturated rings. The van der Waals surface area contributed by atoms with E-state index in [0.29, 0.717) is 11.4 Å². The highest BCUT2D eigenvalue weighted by Crippen LogP contribution is 2.32. The quantitative estimate of drug-likeness (QED) is 0.374. The van der Waals surface area contributed by atoms with Crippen LogP contribution in [0.25, 0.3) is 5.65 Å². The number of hydrogen-bond acceptors (Lipinski definition) is 6. The van der Waals surface area contributed by atoms with Gasteiger partial charge in [0.05, 0.1) is 9.93 Å². The monoisotopic (exact) mass is 393 g/mol. The van der Waals surface area contributed by atoms with Gasteiger partial charge in [0.1, 0.15) is 5.65 Å². The molecule has 8 heteroatoms. The molecule has 0 spiro atoms. The summed E-state index contributed by atoms with van der Waals surface area (Å²) in [5.74, 6) is 1.69. The number of hydrogen-bond donors (Lipinski definition) is 0. The van der Waals surface area contributed by atoms with E-state index in [4.69, 9.17) is 0 Å². The molecule has 3 heterocycles. The Bertz CT molecular complexity index is 803. The van der Waals surface area contributed by atoms with Gasteiger partial charge in [0.25, 0.3) is 11.1 Å². The highest BCUT2D eigenvalue weighted by Gasteiger charge is 2.34. The third kappa shape index (κ3) is 4.43. The molecule has 5 nitrogen and oxygen atoms in total. The Morgan fingerprint density at radius 2 is 2.16 bits per heavy atom. The van der Waals surface area contributed by atoms with Crippen LogP contribution in [0.5, 0.6) is 0 Å². The van der Waals surface area contributed by atoms with E-state index in [1.807, 2.05) is 25.3 Å². The number of imide groups is 1. The third-order valence-corrected chi connectivity index (χ3v) is 6.56. The normalized spacial score (nSPS) is 16.5. The van der Waals surface area contributed by atoms with Crippen LogP contribution < -0.4 is 0 Å². The predicted octanol–water partition coefficient (Wildman–Crippen LogP) is 4.50. The molecule has 1 aliphatic heterocycles. The second-order valence-corrected chi connectivity index (χ2v) is 8.59. The van der Waals surface area contributed by atoms with Crippen LogP contribution in [0.2, 0.25) is 0 Å². The maximum atomic E-state index is 12.2. The fourth-order valence-corrected chi connectivity index (χ4v) is 4.93. The Balaban J connectivity index is 1.45. The number of carbonyl (C=O) groups excluding carboxylic acids is 2. The molecule has 25 heavy (non-hydrogen) atoms. The second-order valence-electron chi connectivity index (χ2n) is 5.34. The number of fused-ring (bicyclic) bond motifs is 1. The highest BCUT2D eigenvalue weighted by molar-refractivity contribution is 8.19. The molecule has 3 rings (SSSR count). The number of carbonyl (C=O) groups is 2. The minimum atomic E-state index is -0.149. The summed E-state index contributed by atoms with van der Waals surface area (Å²) in [5, 5.41) is 2.80. The van der Waals surface area contributed by atoms with Crippen LogP contribution in [0, 0.1) is 0 Å². The highest BCUT2D eigenvalue weighted by atomic mass is 32.2. The summed E-state index contributed by atoms with van der Waals surface area (Å²) in [5.41, 5.74) is 0.944. The van der Waals surface area contributed by atoms with Crippen molar-refractivity contribution in [2.75, 3.05) is 18.1 Å². The maximum Gasteiger partial charge on any atom is 0.293 e. The Labute approximate surface area is 159 Å². The number of unbranched alkanes of at least 4 members (excludes halogenated alkanes) is 1. The molecule has 0 radical (unpaired) electrons. The molecule has 1 aliphatic rings. The van der Waals surface area contributed by atoms with Crippen molar-refractivity contribution in [1.29, 1.82) is 0 Å². The van der Waals surface area contributed by atoms with Crippen molar-refractivity contribution < 1.29 is 9.59 Å². The second kappa shape index (κ2) is 8.82. The zero-order chi connectivity index (χ0) is 17.6. The van der Waals surface area contributed by atoms with Crippen molar-refractivity contribution in [2.24, 2.45) is 0 Å². The molecule has 2 aromatic heterocycles. The van der Waals surface area contributed by atoms with Gasteiger partial charge in [-0.25, -0.2) is 4.98 Å². The Morgan fingerprint density at radius 1 is 1.28 bits per heavy atom. The van der Waals surface area contributed by atoms with Gasteiger partial charge in [-0.2, -0.15) is 0 Å². The van der Waals surface area contributed by atoms with Gasteiger partial charge in [-0.15, -0.1) is 23.5 Å². The summed E-state index contributed by atoms with van der Waals surface area (Å²) in [6.45, 7) is 2.52. The predicted molar refractivity (Wildman–Crippen MR) is 106 cm³/mol. The van der Waals surface area contributed by atoms with Gasteiger partial charge in [0.15, 0.2) is 0 Å². The Morgan fingerprint density at radius 3 is 3.00 bits per heavy atom. The molecule has 2 aromatic rings. The molecule has 0 bridgehead atoms. The van der Waals surface area contributed by atoms with Crippen molar-refractivity contribution in [2.45, 2.75) is 24.8 Å². The average molecular weight is 394 g/mol. The lowest BCUT2D eigenvalue weighted by Crippen LogP contribution is -2.29. The summed E-state index contributed by atoms with van der Waals surface area (Å²) >= 11 is 4.36. The molecule has 0 unspecified atom stereocenters. The van der Waals surface area contributed by atoms with E-state index in [0.717, 1.165) is 46.8 Å². The largest absolute Gasteiger partial charge is 0.294 e. The van der Waals surface area contributed by atoms with Crippen LogP contribution in [0.15, 0.2) is 45.9 Å². The van der Waals surface area contributed by atoms with E-state index in [1.54, 1.807) is 35.1 Å². The Hall–Kier alpha value is -1.38. The molecule has 0 atom stereocenters. The van der Waals surface area contributed by atoms with Crippen molar-refractivity contribution in [3.63, 3.8) is 0 Å². The van der Waals surface area contributed by atoms with Gasteiger partial charge in [0, 0.05) is 18.9 Å². The van der Waals surface area contributed by atoms with Gasteiger partial charge >= 0.3 is 0 Å². The van der Waals surface area contributed by atoms with Crippen LogP contribution in [0.4, 0.5) is 4.79 Å². The van der Waals surface area contributed by atoms with Crippen molar-refractivity contribution in [1.82, 2.24) is 14.3 Å². The minimum Gasteiger partial charge on any atom is -0.294 e. The molecular formula is C17H19N3O2S3. The smallest absolute Gasteiger partial charge is 0.293 e. The van der Waals surface area contributed by atoms with Gasteiger partial charge in [-0.3, -0.25) is 18.9 Å². The average Bonchev–Trinajstić information content (AvgIpc) is 3.19.